The van der Waals surface area contributed by atoms with Crippen molar-refractivity contribution in [1.82, 2.24) is 9.97 Å². The Morgan fingerprint density at radius 1 is 1.38 bits per heavy atom. The zero-order valence-corrected chi connectivity index (χ0v) is 8.01. The fourth-order valence-electron chi connectivity index (χ4n) is 1.17. The van der Waals surface area contributed by atoms with Crippen molar-refractivity contribution in [3.63, 3.8) is 0 Å². The molecule has 0 aliphatic rings. The van der Waals surface area contributed by atoms with Crippen LogP contribution in [0.15, 0.2) is 23.8 Å². The van der Waals surface area contributed by atoms with Gasteiger partial charge in [-0.1, -0.05) is 0 Å². The van der Waals surface area contributed by atoms with Crippen LogP contribution in [0.2, 0.25) is 0 Å². The van der Waals surface area contributed by atoms with E-state index in [2.05, 4.69) is 9.97 Å². The van der Waals surface area contributed by atoms with Crippen LogP contribution in [0.3, 0.4) is 0 Å². The summed E-state index contributed by atoms with van der Waals surface area (Å²) in [4.78, 5) is 9.28. The van der Waals surface area contributed by atoms with Crippen LogP contribution in [-0.4, -0.2) is 9.97 Å². The second-order valence-electron chi connectivity index (χ2n) is 2.74. The number of thiazole rings is 1. The number of aromatic nitrogens is 2. The third kappa shape index (κ3) is 1.53. The molecule has 0 amide bonds. The number of hydrogen-bond acceptors (Lipinski definition) is 4. The zero-order chi connectivity index (χ0) is 9.26. The Hall–Kier alpha value is -1.42. The normalized spacial score (nSPS) is 10.2. The maximum Gasteiger partial charge on any atom is 0.123 e. The molecule has 0 aliphatic carbocycles. The zero-order valence-electron chi connectivity index (χ0n) is 7.19. The quantitative estimate of drug-likeness (QED) is 0.751. The molecule has 2 heterocycles. The molecule has 0 saturated carbocycles. The molecule has 2 aromatic rings. The monoisotopic (exact) mass is 191 g/mol. The fourth-order valence-corrected chi connectivity index (χ4v) is 1.97. The summed E-state index contributed by atoms with van der Waals surface area (Å²) >= 11 is 1.62. The van der Waals surface area contributed by atoms with Gasteiger partial charge in [0.05, 0.1) is 16.1 Å². The van der Waals surface area contributed by atoms with Crippen LogP contribution >= 0.6 is 11.3 Å². The van der Waals surface area contributed by atoms with Crippen molar-refractivity contribution >= 4 is 17.2 Å². The Kier molecular flexibility index (Phi) is 1.98. The second-order valence-corrected chi connectivity index (χ2v) is 3.59. The molecule has 2 aromatic heterocycles. The first-order valence-electron chi connectivity index (χ1n) is 3.89. The van der Waals surface area contributed by atoms with Crippen molar-refractivity contribution < 1.29 is 0 Å². The van der Waals surface area contributed by atoms with Crippen LogP contribution in [0.25, 0.3) is 10.4 Å². The largest absolute Gasteiger partial charge is 0.384 e. The molecule has 2 N–H and O–H groups in total. The van der Waals surface area contributed by atoms with Gasteiger partial charge in [-0.05, 0) is 24.6 Å². The highest BCUT2D eigenvalue weighted by Gasteiger charge is 2.04. The van der Waals surface area contributed by atoms with Crippen molar-refractivity contribution in [1.29, 1.82) is 0 Å². The minimum absolute atomic E-state index is 0.547. The molecular weight excluding hydrogens is 182 g/mol. The van der Waals surface area contributed by atoms with Gasteiger partial charge in [0.1, 0.15) is 5.82 Å². The summed E-state index contributed by atoms with van der Waals surface area (Å²) in [7, 11) is 0. The number of rotatable bonds is 1. The number of hydrogen-bond donors (Lipinski definition) is 1. The van der Waals surface area contributed by atoms with Crippen LogP contribution in [0.5, 0.6) is 0 Å². The van der Waals surface area contributed by atoms with Crippen LogP contribution in [-0.2, 0) is 0 Å². The predicted octanol–water partition coefficient (Wildman–Crippen LogP) is 2.10. The molecule has 0 aliphatic heterocycles. The van der Waals surface area contributed by atoms with E-state index in [1.165, 1.54) is 0 Å². The van der Waals surface area contributed by atoms with Crippen LogP contribution < -0.4 is 5.73 Å². The lowest BCUT2D eigenvalue weighted by molar-refractivity contribution is 1.26. The molecule has 0 bridgehead atoms. The molecule has 0 radical (unpaired) electrons. The standard InChI is InChI=1S/C9H9N3S/c1-6-9(13-5-12-6)7-2-3-11-8(10)4-7/h2-5H,1H3,(H2,10,11). The molecule has 0 fully saturated rings. The minimum Gasteiger partial charge on any atom is -0.384 e. The van der Waals surface area contributed by atoms with Gasteiger partial charge in [-0.3, -0.25) is 0 Å². The van der Waals surface area contributed by atoms with E-state index in [1.54, 1.807) is 17.5 Å². The van der Waals surface area contributed by atoms with E-state index in [9.17, 15) is 0 Å². The summed E-state index contributed by atoms with van der Waals surface area (Å²) in [6.07, 6.45) is 1.71. The van der Waals surface area contributed by atoms with Gasteiger partial charge in [0.25, 0.3) is 0 Å². The van der Waals surface area contributed by atoms with E-state index in [0.29, 0.717) is 5.82 Å². The lowest BCUT2D eigenvalue weighted by Gasteiger charge is -1.98. The van der Waals surface area contributed by atoms with Gasteiger partial charge < -0.3 is 5.73 Å². The smallest absolute Gasteiger partial charge is 0.123 e. The minimum atomic E-state index is 0.547. The van der Waals surface area contributed by atoms with E-state index in [4.69, 9.17) is 5.73 Å². The number of nitrogens with zero attached hydrogens (tertiary/aromatic N) is 2. The number of pyridine rings is 1. The molecule has 0 atom stereocenters. The molecule has 2 rings (SSSR count). The van der Waals surface area contributed by atoms with Crippen LogP contribution in [0, 0.1) is 6.92 Å². The van der Waals surface area contributed by atoms with Gasteiger partial charge in [0, 0.05) is 6.20 Å². The summed E-state index contributed by atoms with van der Waals surface area (Å²) in [5.41, 5.74) is 9.55. The number of anilines is 1. The molecule has 0 aromatic carbocycles. The topological polar surface area (TPSA) is 51.8 Å². The molecule has 0 spiro atoms. The SMILES string of the molecule is Cc1ncsc1-c1ccnc(N)c1. The summed E-state index contributed by atoms with van der Waals surface area (Å²) < 4.78 is 0. The summed E-state index contributed by atoms with van der Waals surface area (Å²) in [6.45, 7) is 1.99. The van der Waals surface area contributed by atoms with Gasteiger partial charge in [0.2, 0.25) is 0 Å². The molecule has 13 heavy (non-hydrogen) atoms. The van der Waals surface area contributed by atoms with Gasteiger partial charge >= 0.3 is 0 Å². The highest BCUT2D eigenvalue weighted by molar-refractivity contribution is 7.13. The van der Waals surface area contributed by atoms with Crippen molar-refractivity contribution in [2.24, 2.45) is 0 Å². The number of aryl methyl sites for hydroxylation is 1. The van der Waals surface area contributed by atoms with E-state index >= 15 is 0 Å². The molecule has 4 heteroatoms. The average Bonchev–Trinajstić information content (AvgIpc) is 2.51. The van der Waals surface area contributed by atoms with E-state index in [-0.39, 0.29) is 0 Å². The Morgan fingerprint density at radius 2 is 2.23 bits per heavy atom. The lowest BCUT2D eigenvalue weighted by atomic mass is 10.2. The summed E-state index contributed by atoms with van der Waals surface area (Å²) in [5, 5.41) is 0. The first-order valence-corrected chi connectivity index (χ1v) is 4.77. The van der Waals surface area contributed by atoms with Crippen molar-refractivity contribution in [2.75, 3.05) is 5.73 Å². The van der Waals surface area contributed by atoms with E-state index < -0.39 is 0 Å². The van der Waals surface area contributed by atoms with Gasteiger partial charge in [0.15, 0.2) is 0 Å². The Bertz CT molecular complexity index is 422. The third-order valence-electron chi connectivity index (χ3n) is 1.79. The predicted molar refractivity (Wildman–Crippen MR) is 54.5 cm³/mol. The first-order chi connectivity index (χ1) is 6.27. The van der Waals surface area contributed by atoms with Crippen molar-refractivity contribution in [2.45, 2.75) is 6.92 Å². The third-order valence-corrected chi connectivity index (χ3v) is 2.77. The summed E-state index contributed by atoms with van der Waals surface area (Å²) in [5.74, 6) is 0.547. The summed E-state index contributed by atoms with van der Waals surface area (Å²) in [6, 6.07) is 3.80. The van der Waals surface area contributed by atoms with E-state index in [0.717, 1.165) is 16.1 Å². The molecule has 0 saturated heterocycles. The van der Waals surface area contributed by atoms with Gasteiger partial charge in [-0.2, -0.15) is 0 Å². The van der Waals surface area contributed by atoms with Crippen molar-refractivity contribution in [3.8, 4) is 10.4 Å². The van der Waals surface area contributed by atoms with Crippen LogP contribution in [0.1, 0.15) is 5.69 Å². The number of nitrogen functional groups attached to an aromatic ring is 1. The Morgan fingerprint density at radius 3 is 2.85 bits per heavy atom. The number of nitrogens with two attached hydrogens (primary N) is 1. The lowest BCUT2D eigenvalue weighted by Crippen LogP contribution is -1.89. The highest BCUT2D eigenvalue weighted by atomic mass is 32.1. The Balaban J connectivity index is 2.53. The Labute approximate surface area is 80.3 Å². The second kappa shape index (κ2) is 3.14. The first kappa shape index (κ1) is 8.19. The average molecular weight is 191 g/mol. The highest BCUT2D eigenvalue weighted by Crippen LogP contribution is 2.27. The molecule has 3 nitrogen and oxygen atoms in total. The molecular formula is C9H9N3S. The van der Waals surface area contributed by atoms with Crippen LogP contribution in [0.4, 0.5) is 5.82 Å². The van der Waals surface area contributed by atoms with Gasteiger partial charge in [-0.25, -0.2) is 9.97 Å². The maximum atomic E-state index is 5.59. The molecule has 66 valence electrons. The van der Waals surface area contributed by atoms with Gasteiger partial charge in [-0.15, -0.1) is 11.3 Å². The van der Waals surface area contributed by atoms with E-state index in [1.807, 2.05) is 24.6 Å². The fraction of sp³-hybridized carbons (Fsp3) is 0.111. The maximum absolute atomic E-state index is 5.59. The molecule has 0 unspecified atom stereocenters. The van der Waals surface area contributed by atoms with Crippen molar-refractivity contribution in [3.05, 3.63) is 29.5 Å².